The van der Waals surface area contributed by atoms with Gasteiger partial charge in [-0.15, -0.1) is 0 Å². The molecule has 1 aromatic carbocycles. The molecule has 0 aliphatic carbocycles. The van der Waals surface area contributed by atoms with Crippen molar-refractivity contribution in [2.24, 2.45) is 0 Å². The Morgan fingerprint density at radius 2 is 2.05 bits per heavy atom. The van der Waals surface area contributed by atoms with Gasteiger partial charge in [0.1, 0.15) is 6.04 Å². The lowest BCUT2D eigenvalue weighted by Crippen LogP contribution is -2.41. The Balaban J connectivity index is 1.75. The molecule has 0 bridgehead atoms. The number of nitrogens with zero attached hydrogens (tertiary/aromatic N) is 1. The molecule has 1 fully saturated rings. The van der Waals surface area contributed by atoms with E-state index >= 15 is 0 Å². The molecule has 1 aromatic rings. The first-order valence-electron chi connectivity index (χ1n) is 7.35. The van der Waals surface area contributed by atoms with E-state index in [1.807, 2.05) is 30.3 Å². The lowest BCUT2D eigenvalue weighted by Gasteiger charge is -2.20. The van der Waals surface area contributed by atoms with Gasteiger partial charge in [-0.3, -0.25) is 4.79 Å². The van der Waals surface area contributed by atoms with Gasteiger partial charge in [-0.05, 0) is 24.8 Å². The first-order chi connectivity index (χ1) is 10.5. The highest BCUT2D eigenvalue weighted by atomic mass is 32.2. The van der Waals surface area contributed by atoms with Crippen LogP contribution in [0.3, 0.4) is 0 Å². The third-order valence-corrected chi connectivity index (χ3v) is 5.60. The van der Waals surface area contributed by atoms with Crippen LogP contribution in [0.1, 0.15) is 24.8 Å². The first kappa shape index (κ1) is 16.9. The zero-order valence-corrected chi connectivity index (χ0v) is 13.2. The van der Waals surface area contributed by atoms with Gasteiger partial charge >= 0.3 is 5.97 Å². The molecule has 0 amide bonds. The van der Waals surface area contributed by atoms with Crippen molar-refractivity contribution in [1.29, 1.82) is 0 Å². The molecule has 1 saturated heterocycles. The quantitative estimate of drug-likeness (QED) is 0.731. The number of ether oxygens (including phenoxy) is 1. The van der Waals surface area contributed by atoms with Crippen LogP contribution in [0, 0.1) is 0 Å². The summed E-state index contributed by atoms with van der Waals surface area (Å²) in [5.41, 5.74) is 1.04. The largest absolute Gasteiger partial charge is 0.480 e. The van der Waals surface area contributed by atoms with Gasteiger partial charge in [0.2, 0.25) is 10.0 Å². The van der Waals surface area contributed by atoms with Gasteiger partial charge in [0.25, 0.3) is 0 Å². The molecule has 22 heavy (non-hydrogen) atoms. The summed E-state index contributed by atoms with van der Waals surface area (Å²) in [6, 6.07) is 8.74. The second kappa shape index (κ2) is 7.71. The Morgan fingerprint density at radius 3 is 2.73 bits per heavy atom. The lowest BCUT2D eigenvalue weighted by molar-refractivity contribution is -0.140. The fourth-order valence-electron chi connectivity index (χ4n) is 2.54. The van der Waals surface area contributed by atoms with Crippen LogP contribution in [0.2, 0.25) is 0 Å². The van der Waals surface area contributed by atoms with Gasteiger partial charge < -0.3 is 9.84 Å². The van der Waals surface area contributed by atoms with Gasteiger partial charge in [-0.2, -0.15) is 4.31 Å². The maximum Gasteiger partial charge on any atom is 0.322 e. The van der Waals surface area contributed by atoms with Crippen molar-refractivity contribution in [2.45, 2.75) is 31.9 Å². The van der Waals surface area contributed by atoms with Gasteiger partial charge in [-0.1, -0.05) is 30.3 Å². The Morgan fingerprint density at radius 1 is 1.32 bits per heavy atom. The minimum Gasteiger partial charge on any atom is -0.480 e. The van der Waals surface area contributed by atoms with Crippen molar-refractivity contribution in [3.63, 3.8) is 0 Å². The molecule has 0 unspecified atom stereocenters. The van der Waals surface area contributed by atoms with Crippen LogP contribution in [-0.2, 0) is 26.2 Å². The third-order valence-electron chi connectivity index (χ3n) is 3.65. The van der Waals surface area contributed by atoms with Crippen LogP contribution in [0.15, 0.2) is 30.3 Å². The molecule has 6 nitrogen and oxygen atoms in total. The van der Waals surface area contributed by atoms with E-state index in [0.717, 1.165) is 9.87 Å². The number of hydrogen-bond acceptors (Lipinski definition) is 4. The number of benzene rings is 1. The molecule has 0 aromatic heterocycles. The number of carboxylic acids is 1. The molecule has 7 heteroatoms. The van der Waals surface area contributed by atoms with Crippen molar-refractivity contribution in [1.82, 2.24) is 4.31 Å². The first-order valence-corrected chi connectivity index (χ1v) is 8.95. The molecule has 122 valence electrons. The number of carbonyl (C=O) groups is 1. The van der Waals surface area contributed by atoms with E-state index in [1.165, 1.54) is 0 Å². The van der Waals surface area contributed by atoms with Crippen LogP contribution in [0.4, 0.5) is 0 Å². The van der Waals surface area contributed by atoms with Gasteiger partial charge in [0, 0.05) is 13.2 Å². The monoisotopic (exact) mass is 327 g/mol. The zero-order valence-electron chi connectivity index (χ0n) is 12.3. The number of sulfonamides is 1. The smallest absolute Gasteiger partial charge is 0.322 e. The van der Waals surface area contributed by atoms with Crippen LogP contribution in [0.5, 0.6) is 0 Å². The summed E-state index contributed by atoms with van der Waals surface area (Å²) in [7, 11) is -3.53. The summed E-state index contributed by atoms with van der Waals surface area (Å²) in [6.45, 7) is 1.08. The Bertz CT molecular complexity index is 587. The summed E-state index contributed by atoms with van der Waals surface area (Å²) in [4.78, 5) is 11.1. The molecular weight excluding hydrogens is 306 g/mol. The maximum atomic E-state index is 12.2. The average molecular weight is 327 g/mol. The Hall–Kier alpha value is -1.44. The molecule has 2 rings (SSSR count). The highest BCUT2D eigenvalue weighted by Crippen LogP contribution is 2.21. The topological polar surface area (TPSA) is 83.9 Å². The van der Waals surface area contributed by atoms with Crippen molar-refractivity contribution in [3.8, 4) is 0 Å². The molecule has 1 aliphatic heterocycles. The van der Waals surface area contributed by atoms with Crippen LogP contribution >= 0.6 is 0 Å². The van der Waals surface area contributed by atoms with Gasteiger partial charge in [0.05, 0.1) is 12.4 Å². The summed E-state index contributed by atoms with van der Waals surface area (Å²) < 4.78 is 30.9. The number of aliphatic carboxylic acids is 1. The molecule has 0 radical (unpaired) electrons. The van der Waals surface area contributed by atoms with Crippen molar-refractivity contribution in [2.75, 3.05) is 18.9 Å². The van der Waals surface area contributed by atoms with Crippen LogP contribution in [-0.4, -0.2) is 48.7 Å². The normalized spacial score (nSPS) is 19.4. The van der Waals surface area contributed by atoms with E-state index < -0.39 is 22.0 Å². The van der Waals surface area contributed by atoms with Crippen molar-refractivity contribution >= 4 is 16.0 Å². The Labute approximate surface area is 130 Å². The number of hydrogen-bond donors (Lipinski definition) is 1. The van der Waals surface area contributed by atoms with Gasteiger partial charge in [-0.25, -0.2) is 8.42 Å². The molecule has 0 saturated carbocycles. The minimum absolute atomic E-state index is 0.0778. The molecule has 1 atom stereocenters. The van der Waals surface area contributed by atoms with E-state index in [-0.39, 0.29) is 5.75 Å². The third kappa shape index (κ3) is 4.53. The maximum absolute atomic E-state index is 12.2. The molecular formula is C15H21NO5S. The predicted molar refractivity (Wildman–Crippen MR) is 81.9 cm³/mol. The van der Waals surface area contributed by atoms with Crippen LogP contribution < -0.4 is 0 Å². The fraction of sp³-hybridized carbons (Fsp3) is 0.533. The summed E-state index contributed by atoms with van der Waals surface area (Å²) in [5.74, 6) is -1.15. The minimum atomic E-state index is -3.53. The SMILES string of the molecule is O=C(O)[C@H]1CCCN1S(=O)(=O)CCCOCc1ccccc1. The molecule has 1 N–H and O–H groups in total. The number of carboxylic acid groups (broad SMARTS) is 1. The van der Waals surface area contributed by atoms with E-state index in [1.54, 1.807) is 0 Å². The average Bonchev–Trinajstić information content (AvgIpc) is 2.98. The van der Waals surface area contributed by atoms with Crippen molar-refractivity contribution in [3.05, 3.63) is 35.9 Å². The van der Waals surface area contributed by atoms with E-state index in [4.69, 9.17) is 9.84 Å². The second-order valence-electron chi connectivity index (χ2n) is 5.31. The van der Waals surface area contributed by atoms with Gasteiger partial charge in [0.15, 0.2) is 0 Å². The standard InChI is InChI=1S/C15H21NO5S/c17-15(18)14-8-4-9-16(14)22(19,20)11-5-10-21-12-13-6-2-1-3-7-13/h1-3,6-7,14H,4-5,8-12H2,(H,17,18)/t14-/m1/s1. The highest BCUT2D eigenvalue weighted by molar-refractivity contribution is 7.89. The Kier molecular flexibility index (Phi) is 5.93. The van der Waals surface area contributed by atoms with Crippen LogP contribution in [0.25, 0.3) is 0 Å². The summed E-state index contributed by atoms with van der Waals surface area (Å²) >= 11 is 0. The zero-order chi connectivity index (χ0) is 16.0. The lowest BCUT2D eigenvalue weighted by atomic mass is 10.2. The molecule has 1 heterocycles. The highest BCUT2D eigenvalue weighted by Gasteiger charge is 2.38. The second-order valence-corrected chi connectivity index (χ2v) is 7.36. The van der Waals surface area contributed by atoms with E-state index in [0.29, 0.717) is 39.0 Å². The van der Waals surface area contributed by atoms with E-state index in [2.05, 4.69) is 0 Å². The predicted octanol–water partition coefficient (Wildman–Crippen LogP) is 1.47. The summed E-state index contributed by atoms with van der Waals surface area (Å²) in [5, 5.41) is 9.05. The summed E-state index contributed by atoms with van der Waals surface area (Å²) in [6.07, 6.45) is 1.35. The van der Waals surface area contributed by atoms with E-state index in [9.17, 15) is 13.2 Å². The fourth-order valence-corrected chi connectivity index (χ4v) is 4.25. The van der Waals surface area contributed by atoms with Crippen molar-refractivity contribution < 1.29 is 23.1 Å². The molecule has 0 spiro atoms. The molecule has 1 aliphatic rings. The number of rotatable bonds is 8.